The van der Waals surface area contributed by atoms with Gasteiger partial charge in [0.05, 0.1) is 18.3 Å². The molecule has 0 bridgehead atoms. The number of aromatic nitrogens is 2. The van der Waals surface area contributed by atoms with Gasteiger partial charge in [-0.05, 0) is 6.42 Å². The second-order valence-corrected chi connectivity index (χ2v) is 3.37. The molecule has 0 spiro atoms. The number of nitrogens with one attached hydrogen (secondary N) is 1. The Morgan fingerprint density at radius 1 is 1.80 bits per heavy atom. The van der Waals surface area contributed by atoms with Crippen LogP contribution < -0.4 is 11.1 Å². The van der Waals surface area contributed by atoms with Crippen molar-refractivity contribution in [2.75, 3.05) is 12.3 Å². The topological polar surface area (TPSA) is 93.2 Å². The first-order valence-corrected chi connectivity index (χ1v) is 4.79. The first kappa shape index (κ1) is 11.5. The lowest BCUT2D eigenvalue weighted by molar-refractivity contribution is 0.0910. The van der Waals surface area contributed by atoms with E-state index in [0.29, 0.717) is 12.1 Å². The maximum absolute atomic E-state index is 11.6. The van der Waals surface area contributed by atoms with Gasteiger partial charge < -0.3 is 16.2 Å². The van der Waals surface area contributed by atoms with Crippen LogP contribution in [0.5, 0.6) is 0 Å². The van der Waals surface area contributed by atoms with Gasteiger partial charge in [0.15, 0.2) is 5.69 Å². The molecule has 0 saturated carbocycles. The Bertz CT molecular complexity index is 344. The normalized spacial score (nSPS) is 12.5. The fraction of sp³-hybridized carbons (Fsp3) is 0.556. The Labute approximate surface area is 88.1 Å². The first-order chi connectivity index (χ1) is 7.08. The van der Waals surface area contributed by atoms with Crippen LogP contribution in [-0.4, -0.2) is 33.4 Å². The molecule has 15 heavy (non-hydrogen) atoms. The van der Waals surface area contributed by atoms with Gasteiger partial charge in [-0.15, -0.1) is 0 Å². The van der Waals surface area contributed by atoms with E-state index in [9.17, 15) is 4.79 Å². The molecule has 6 heteroatoms. The Morgan fingerprint density at radius 2 is 2.47 bits per heavy atom. The molecule has 84 valence electrons. The Balaban J connectivity index is 2.72. The number of hydrogen-bond acceptors (Lipinski definition) is 4. The molecule has 0 radical (unpaired) electrons. The molecule has 0 aliphatic rings. The number of hydrogen-bond donors (Lipinski definition) is 3. The standard InChI is InChI=1S/C9H16N4O2/c1-3-6(5-14)11-9(15)8-7(10)4-13(2)12-8/h4,6,14H,3,5,10H2,1-2H3,(H,11,15)/t6-/m0/s1. The number of nitrogens with two attached hydrogens (primary N) is 1. The highest BCUT2D eigenvalue weighted by Gasteiger charge is 2.16. The zero-order valence-corrected chi connectivity index (χ0v) is 8.90. The van der Waals surface area contributed by atoms with Crippen LogP contribution in [0.4, 0.5) is 5.69 Å². The summed E-state index contributed by atoms with van der Waals surface area (Å²) in [5.74, 6) is -0.353. The number of amides is 1. The average Bonchev–Trinajstić information content (AvgIpc) is 2.54. The van der Waals surface area contributed by atoms with Gasteiger partial charge in [-0.25, -0.2) is 0 Å². The molecular weight excluding hydrogens is 196 g/mol. The van der Waals surface area contributed by atoms with E-state index in [-0.39, 0.29) is 24.2 Å². The van der Waals surface area contributed by atoms with E-state index in [2.05, 4.69) is 10.4 Å². The Hall–Kier alpha value is -1.56. The SMILES string of the molecule is CC[C@@H](CO)NC(=O)c1nn(C)cc1N. The molecule has 4 N–H and O–H groups in total. The van der Waals surface area contributed by atoms with Crippen molar-refractivity contribution in [3.8, 4) is 0 Å². The van der Waals surface area contributed by atoms with Crippen LogP contribution in [0.25, 0.3) is 0 Å². The van der Waals surface area contributed by atoms with Crippen molar-refractivity contribution in [3.05, 3.63) is 11.9 Å². The fourth-order valence-electron chi connectivity index (χ4n) is 1.21. The number of aliphatic hydroxyl groups is 1. The van der Waals surface area contributed by atoms with Crippen LogP contribution in [0.2, 0.25) is 0 Å². The van der Waals surface area contributed by atoms with Crippen LogP contribution in [0.3, 0.4) is 0 Å². The number of aliphatic hydroxyl groups excluding tert-OH is 1. The van der Waals surface area contributed by atoms with Gasteiger partial charge in [0.2, 0.25) is 0 Å². The molecule has 6 nitrogen and oxygen atoms in total. The number of carbonyl (C=O) groups excluding carboxylic acids is 1. The number of aryl methyl sites for hydroxylation is 1. The molecular formula is C9H16N4O2. The molecule has 1 heterocycles. The van der Waals surface area contributed by atoms with Crippen molar-refractivity contribution in [1.29, 1.82) is 0 Å². The average molecular weight is 212 g/mol. The van der Waals surface area contributed by atoms with E-state index >= 15 is 0 Å². The Morgan fingerprint density at radius 3 is 2.87 bits per heavy atom. The van der Waals surface area contributed by atoms with Crippen molar-refractivity contribution in [1.82, 2.24) is 15.1 Å². The summed E-state index contributed by atoms with van der Waals surface area (Å²) >= 11 is 0. The van der Waals surface area contributed by atoms with Crippen LogP contribution in [0.1, 0.15) is 23.8 Å². The van der Waals surface area contributed by atoms with E-state index in [1.54, 1.807) is 13.2 Å². The van der Waals surface area contributed by atoms with E-state index in [1.807, 2.05) is 6.92 Å². The summed E-state index contributed by atoms with van der Waals surface area (Å²) in [7, 11) is 1.69. The number of rotatable bonds is 4. The molecule has 0 fully saturated rings. The van der Waals surface area contributed by atoms with E-state index in [0.717, 1.165) is 0 Å². The maximum atomic E-state index is 11.6. The molecule has 1 atom stereocenters. The summed E-state index contributed by atoms with van der Waals surface area (Å²) in [5, 5.41) is 15.5. The highest BCUT2D eigenvalue weighted by molar-refractivity contribution is 5.97. The summed E-state index contributed by atoms with van der Waals surface area (Å²) in [4.78, 5) is 11.6. The molecule has 1 rings (SSSR count). The summed E-state index contributed by atoms with van der Waals surface area (Å²) in [6, 6.07) is -0.251. The second-order valence-electron chi connectivity index (χ2n) is 3.37. The van der Waals surface area contributed by atoms with Gasteiger partial charge in [-0.3, -0.25) is 9.48 Å². The van der Waals surface area contributed by atoms with E-state index < -0.39 is 0 Å². The molecule has 0 aromatic carbocycles. The van der Waals surface area contributed by atoms with Gasteiger partial charge >= 0.3 is 0 Å². The zero-order chi connectivity index (χ0) is 11.4. The minimum atomic E-state index is -0.353. The molecule has 0 unspecified atom stereocenters. The largest absolute Gasteiger partial charge is 0.396 e. The smallest absolute Gasteiger partial charge is 0.274 e. The number of nitrogen functional groups attached to an aromatic ring is 1. The maximum Gasteiger partial charge on any atom is 0.274 e. The van der Waals surface area contributed by atoms with Crippen molar-refractivity contribution >= 4 is 11.6 Å². The lowest BCUT2D eigenvalue weighted by atomic mass is 10.2. The summed E-state index contributed by atoms with van der Waals surface area (Å²) in [6.45, 7) is 1.79. The Kier molecular flexibility index (Phi) is 3.68. The zero-order valence-electron chi connectivity index (χ0n) is 8.90. The first-order valence-electron chi connectivity index (χ1n) is 4.79. The van der Waals surface area contributed by atoms with Crippen molar-refractivity contribution in [3.63, 3.8) is 0 Å². The number of anilines is 1. The van der Waals surface area contributed by atoms with Gasteiger partial charge in [0.1, 0.15) is 0 Å². The van der Waals surface area contributed by atoms with Crippen molar-refractivity contribution in [2.24, 2.45) is 7.05 Å². The monoisotopic (exact) mass is 212 g/mol. The molecule has 0 aliphatic heterocycles. The molecule has 1 amide bonds. The van der Waals surface area contributed by atoms with Crippen LogP contribution in [0, 0.1) is 0 Å². The predicted molar refractivity (Wildman–Crippen MR) is 56.3 cm³/mol. The fourth-order valence-corrected chi connectivity index (χ4v) is 1.21. The molecule has 1 aromatic rings. The van der Waals surface area contributed by atoms with Gasteiger partial charge in [-0.2, -0.15) is 5.10 Å². The van der Waals surface area contributed by atoms with Crippen molar-refractivity contribution in [2.45, 2.75) is 19.4 Å². The van der Waals surface area contributed by atoms with E-state index in [1.165, 1.54) is 4.68 Å². The molecule has 0 aliphatic carbocycles. The molecule has 1 aromatic heterocycles. The lowest BCUT2D eigenvalue weighted by Gasteiger charge is -2.12. The third-order valence-electron chi connectivity index (χ3n) is 2.12. The quantitative estimate of drug-likeness (QED) is 0.627. The van der Waals surface area contributed by atoms with Crippen LogP contribution in [0.15, 0.2) is 6.20 Å². The van der Waals surface area contributed by atoms with Gasteiger partial charge in [0.25, 0.3) is 5.91 Å². The highest BCUT2D eigenvalue weighted by Crippen LogP contribution is 2.08. The number of nitrogens with zero attached hydrogens (tertiary/aromatic N) is 2. The predicted octanol–water partition coefficient (Wildman–Crippen LogP) is -0.497. The summed E-state index contributed by atoms with van der Waals surface area (Å²) in [6.07, 6.45) is 2.23. The lowest BCUT2D eigenvalue weighted by Crippen LogP contribution is -2.37. The third kappa shape index (κ3) is 2.69. The summed E-state index contributed by atoms with van der Waals surface area (Å²) < 4.78 is 1.48. The van der Waals surface area contributed by atoms with Gasteiger partial charge in [-0.1, -0.05) is 6.92 Å². The van der Waals surface area contributed by atoms with Crippen LogP contribution >= 0.6 is 0 Å². The summed E-state index contributed by atoms with van der Waals surface area (Å²) in [5.41, 5.74) is 6.13. The minimum Gasteiger partial charge on any atom is -0.396 e. The van der Waals surface area contributed by atoms with Crippen LogP contribution in [-0.2, 0) is 7.05 Å². The van der Waals surface area contributed by atoms with Gasteiger partial charge in [0, 0.05) is 13.2 Å². The van der Waals surface area contributed by atoms with Crippen molar-refractivity contribution < 1.29 is 9.90 Å². The third-order valence-corrected chi connectivity index (χ3v) is 2.12. The highest BCUT2D eigenvalue weighted by atomic mass is 16.3. The van der Waals surface area contributed by atoms with E-state index in [4.69, 9.17) is 10.8 Å². The molecule has 0 saturated heterocycles. The minimum absolute atomic E-state index is 0.0883. The number of carbonyl (C=O) groups is 1. The second kappa shape index (κ2) is 4.79.